The Morgan fingerprint density at radius 1 is 0.476 bits per heavy atom. The van der Waals surface area contributed by atoms with Crippen LogP contribution in [0.15, 0.2) is 109 Å². The van der Waals surface area contributed by atoms with E-state index in [9.17, 15) is 19.5 Å². The molecule has 0 saturated carbocycles. The molecule has 0 saturated heterocycles. The first-order valence-corrected chi connectivity index (χ1v) is 24.0. The Balaban J connectivity index is 4.47. The Morgan fingerprint density at radius 2 is 0.857 bits per heavy atom. The van der Waals surface area contributed by atoms with Crippen LogP contribution in [0.4, 0.5) is 0 Å². The summed E-state index contributed by atoms with van der Waals surface area (Å²) in [5, 5.41) is 11.7. The first-order chi connectivity index (χ1) is 30.6. The number of hydrogen-bond donors (Lipinski definition) is 0. The second-order valence-corrected chi connectivity index (χ2v) is 16.6. The molecule has 9 heteroatoms. The smallest absolute Gasteiger partial charge is 0.306 e. The maximum Gasteiger partial charge on any atom is 0.306 e. The van der Waals surface area contributed by atoms with Gasteiger partial charge in [-0.05, 0) is 96.3 Å². The predicted molar refractivity (Wildman–Crippen MR) is 260 cm³/mol. The monoisotopic (exact) mass is 878 g/mol. The van der Waals surface area contributed by atoms with E-state index in [1.54, 1.807) is 0 Å². The number of carbonyl (C=O) groups excluding carboxylic acids is 3. The fraction of sp³-hybridized carbons (Fsp3) is 0.611. The Labute approximate surface area is 384 Å². The van der Waals surface area contributed by atoms with Crippen LogP contribution in [0.2, 0.25) is 0 Å². The van der Waals surface area contributed by atoms with Crippen LogP contribution < -0.4 is 5.11 Å². The van der Waals surface area contributed by atoms with Gasteiger partial charge in [0.2, 0.25) is 0 Å². The van der Waals surface area contributed by atoms with Crippen molar-refractivity contribution in [3.8, 4) is 0 Å². The third kappa shape index (κ3) is 45.8. The molecule has 2 unspecified atom stereocenters. The van der Waals surface area contributed by atoms with E-state index in [0.29, 0.717) is 23.9 Å². The van der Waals surface area contributed by atoms with Gasteiger partial charge in [0.15, 0.2) is 12.4 Å². The van der Waals surface area contributed by atoms with Gasteiger partial charge in [-0.3, -0.25) is 9.59 Å². The minimum Gasteiger partial charge on any atom is -0.545 e. The van der Waals surface area contributed by atoms with Gasteiger partial charge in [0, 0.05) is 12.8 Å². The van der Waals surface area contributed by atoms with Gasteiger partial charge in [0.1, 0.15) is 13.2 Å². The molecule has 0 spiro atoms. The molecule has 0 heterocycles. The summed E-state index contributed by atoms with van der Waals surface area (Å²) in [6, 6.07) is 0. The van der Waals surface area contributed by atoms with E-state index in [1.165, 1.54) is 19.3 Å². The molecule has 0 rings (SSSR count). The normalized spacial score (nSPS) is 13.9. The maximum atomic E-state index is 12.8. The Hall–Kier alpha value is -4.05. The zero-order chi connectivity index (χ0) is 46.3. The molecule has 0 aliphatic rings. The van der Waals surface area contributed by atoms with E-state index in [4.69, 9.17) is 18.9 Å². The van der Waals surface area contributed by atoms with Crippen LogP contribution in [0, 0.1) is 0 Å². The highest BCUT2D eigenvalue weighted by Crippen LogP contribution is 2.12. The van der Waals surface area contributed by atoms with E-state index >= 15 is 0 Å². The minimum absolute atomic E-state index is 0.132. The molecule has 0 fully saturated rings. The average molecular weight is 878 g/mol. The molecule has 356 valence electrons. The minimum atomic E-state index is -1.64. The third-order valence-corrected chi connectivity index (χ3v) is 9.52. The Kier molecular flexibility index (Phi) is 41.7. The zero-order valence-corrected chi connectivity index (χ0v) is 40.1. The first kappa shape index (κ1) is 58.9. The van der Waals surface area contributed by atoms with Gasteiger partial charge in [-0.15, -0.1) is 0 Å². The third-order valence-electron chi connectivity index (χ3n) is 9.52. The predicted octanol–water partition coefficient (Wildman–Crippen LogP) is 11.9. The van der Waals surface area contributed by atoms with E-state index in [0.717, 1.165) is 96.3 Å². The standard InChI is InChI=1S/C54H87NO8/c1-6-8-10-12-14-16-18-20-22-23-24-25-26-27-28-29-31-33-35-37-39-41-43-45-52(57)63-50(49-62-54(53(58)59)60-47-46-55(3,4)5)48-61-51(56)44-42-40-38-36-34-32-30-21-19-17-15-13-11-9-7-2/h8-11,14-17,20-22,24-25,27-28,30,34,36,50,54H,6-7,12-13,18-19,23,26,29,31-33,35,37-49H2,1-5H3/b10-8-,11-9-,16-14-,17-15-,22-20-,25-24-,28-27-,30-21-,36-34-. The highest BCUT2D eigenvalue weighted by atomic mass is 16.7. The summed E-state index contributed by atoms with van der Waals surface area (Å²) >= 11 is 0. The number of carbonyl (C=O) groups is 3. The Morgan fingerprint density at radius 3 is 1.30 bits per heavy atom. The summed E-state index contributed by atoms with van der Waals surface area (Å²) in [7, 11) is 5.88. The SMILES string of the molecule is CC/C=C\C/C=C\C/C=C\C/C=C\C/C=C\CCCCCCCCCC(=O)OC(COC(=O)CCCC/C=C\C/C=C\C/C=C\C/C=C\CC)COC(OCC[N+](C)(C)C)C(=O)[O-]. The lowest BCUT2D eigenvalue weighted by Crippen LogP contribution is -2.44. The van der Waals surface area contributed by atoms with Crippen molar-refractivity contribution in [1.82, 2.24) is 0 Å². The van der Waals surface area contributed by atoms with Gasteiger partial charge >= 0.3 is 11.9 Å². The molecular weight excluding hydrogens is 791 g/mol. The lowest BCUT2D eigenvalue weighted by molar-refractivity contribution is -0.870. The first-order valence-electron chi connectivity index (χ1n) is 24.0. The molecule has 0 aliphatic heterocycles. The number of quaternary nitrogens is 1. The van der Waals surface area contributed by atoms with Gasteiger partial charge < -0.3 is 33.3 Å². The van der Waals surface area contributed by atoms with Crippen molar-refractivity contribution in [2.75, 3.05) is 47.5 Å². The van der Waals surface area contributed by atoms with Gasteiger partial charge in [0.05, 0.1) is 40.3 Å². The quantitative estimate of drug-likeness (QED) is 0.0196. The van der Waals surface area contributed by atoms with Gasteiger partial charge in [-0.25, -0.2) is 0 Å². The van der Waals surface area contributed by atoms with E-state index in [2.05, 4.69) is 123 Å². The number of nitrogens with zero attached hydrogens (tertiary/aromatic N) is 1. The molecule has 0 N–H and O–H groups in total. The molecule has 63 heavy (non-hydrogen) atoms. The number of hydrogen-bond acceptors (Lipinski definition) is 8. The molecule has 0 aromatic rings. The van der Waals surface area contributed by atoms with Crippen molar-refractivity contribution in [2.45, 2.75) is 167 Å². The van der Waals surface area contributed by atoms with Crippen molar-refractivity contribution in [1.29, 1.82) is 0 Å². The molecule has 0 aromatic heterocycles. The van der Waals surface area contributed by atoms with Crippen LogP contribution in [0.25, 0.3) is 0 Å². The van der Waals surface area contributed by atoms with E-state index < -0.39 is 30.3 Å². The van der Waals surface area contributed by atoms with Crippen LogP contribution in [-0.4, -0.2) is 82.3 Å². The number of carboxylic acids is 1. The van der Waals surface area contributed by atoms with Crippen molar-refractivity contribution in [3.63, 3.8) is 0 Å². The van der Waals surface area contributed by atoms with Crippen molar-refractivity contribution < 1.29 is 42.9 Å². The summed E-state index contributed by atoms with van der Waals surface area (Å²) in [6.07, 6.45) is 57.0. The summed E-state index contributed by atoms with van der Waals surface area (Å²) in [5.41, 5.74) is 0. The van der Waals surface area contributed by atoms with Crippen molar-refractivity contribution in [3.05, 3.63) is 109 Å². The fourth-order valence-corrected chi connectivity index (χ4v) is 5.84. The molecule has 0 amide bonds. The van der Waals surface area contributed by atoms with Gasteiger partial charge in [-0.1, -0.05) is 155 Å². The maximum absolute atomic E-state index is 12.8. The van der Waals surface area contributed by atoms with Gasteiger partial charge in [0.25, 0.3) is 0 Å². The molecule has 0 aliphatic carbocycles. The molecular formula is C54H87NO8. The number of carboxylic acid groups (broad SMARTS) is 1. The molecule has 9 nitrogen and oxygen atoms in total. The second-order valence-electron chi connectivity index (χ2n) is 16.6. The number of allylic oxidation sites excluding steroid dienone is 18. The van der Waals surface area contributed by atoms with Gasteiger partial charge in [-0.2, -0.15) is 0 Å². The summed E-state index contributed by atoms with van der Waals surface area (Å²) < 4.78 is 22.5. The van der Waals surface area contributed by atoms with E-state index in [-0.39, 0.29) is 32.7 Å². The number of rotatable bonds is 42. The fourth-order valence-electron chi connectivity index (χ4n) is 5.84. The topological polar surface area (TPSA) is 111 Å². The van der Waals surface area contributed by atoms with Crippen molar-refractivity contribution in [2.24, 2.45) is 0 Å². The molecule has 0 radical (unpaired) electrons. The van der Waals surface area contributed by atoms with Crippen LogP contribution >= 0.6 is 0 Å². The van der Waals surface area contributed by atoms with Crippen LogP contribution in [0.1, 0.15) is 155 Å². The largest absolute Gasteiger partial charge is 0.545 e. The zero-order valence-electron chi connectivity index (χ0n) is 40.1. The second kappa shape index (κ2) is 44.6. The highest BCUT2D eigenvalue weighted by Gasteiger charge is 2.21. The molecule has 0 bridgehead atoms. The van der Waals surface area contributed by atoms with Crippen LogP contribution in [0.5, 0.6) is 0 Å². The van der Waals surface area contributed by atoms with Crippen LogP contribution in [0.3, 0.4) is 0 Å². The van der Waals surface area contributed by atoms with Crippen molar-refractivity contribution >= 4 is 17.9 Å². The number of esters is 2. The number of aliphatic carboxylic acids is 1. The average Bonchev–Trinajstić information content (AvgIpc) is 3.24. The summed E-state index contributed by atoms with van der Waals surface area (Å²) in [4.78, 5) is 37.1. The lowest BCUT2D eigenvalue weighted by atomic mass is 10.1. The Bertz CT molecular complexity index is 1390. The molecule has 0 aromatic carbocycles. The lowest BCUT2D eigenvalue weighted by Gasteiger charge is -2.26. The number of ether oxygens (including phenoxy) is 4. The highest BCUT2D eigenvalue weighted by molar-refractivity contribution is 5.70. The van der Waals surface area contributed by atoms with Crippen LogP contribution in [-0.2, 0) is 33.3 Å². The molecule has 2 atom stereocenters. The summed E-state index contributed by atoms with van der Waals surface area (Å²) in [6.45, 7) is 4.42. The number of unbranched alkanes of at least 4 members (excludes halogenated alkanes) is 9. The number of likely N-dealkylation sites (N-methyl/N-ethyl adjacent to an activating group) is 1. The summed E-state index contributed by atoms with van der Waals surface area (Å²) in [5.74, 6) is -2.37. The van der Waals surface area contributed by atoms with E-state index in [1.807, 2.05) is 21.1 Å².